The van der Waals surface area contributed by atoms with Crippen LogP contribution in [-0.4, -0.2) is 35.3 Å². The molecule has 5 nitrogen and oxygen atoms in total. The number of nitrogens with zero attached hydrogens (tertiary/aromatic N) is 2. The van der Waals surface area contributed by atoms with Crippen molar-refractivity contribution in [1.82, 2.24) is 4.90 Å². The molecule has 2 aromatic rings. The Hall–Kier alpha value is -3.00. The summed E-state index contributed by atoms with van der Waals surface area (Å²) in [5.41, 5.74) is 2.53. The first-order valence-corrected chi connectivity index (χ1v) is 7.41. The van der Waals surface area contributed by atoms with E-state index in [1.807, 2.05) is 42.5 Å². The molecule has 1 heterocycles. The predicted molar refractivity (Wildman–Crippen MR) is 85.2 cm³/mol. The number of benzene rings is 2. The Balaban J connectivity index is 1.75. The second kappa shape index (κ2) is 6.41. The third kappa shape index (κ3) is 3.43. The number of hydrogen-bond acceptors (Lipinski definition) is 3. The summed E-state index contributed by atoms with van der Waals surface area (Å²) in [7, 11) is 0. The molecule has 0 bridgehead atoms. The van der Waals surface area contributed by atoms with Crippen molar-refractivity contribution in [2.24, 2.45) is 0 Å². The number of hydrogen-bond donors (Lipinski definition) is 1. The molecule has 3 rings (SSSR count). The van der Waals surface area contributed by atoms with Crippen molar-refractivity contribution >= 4 is 6.09 Å². The Labute approximate surface area is 134 Å². The molecule has 2 aromatic carbocycles. The molecule has 116 valence electrons. The Morgan fingerprint density at radius 2 is 1.96 bits per heavy atom. The maximum Gasteiger partial charge on any atom is 0.407 e. The van der Waals surface area contributed by atoms with Crippen LogP contribution in [0.1, 0.15) is 12.0 Å². The minimum Gasteiger partial charge on any atom is -0.488 e. The van der Waals surface area contributed by atoms with E-state index in [0.717, 1.165) is 11.1 Å². The molecule has 5 heteroatoms. The molecule has 0 aromatic heterocycles. The number of likely N-dealkylation sites (tertiary alicyclic amines) is 1. The van der Waals surface area contributed by atoms with Gasteiger partial charge in [-0.2, -0.15) is 5.26 Å². The molecule has 23 heavy (non-hydrogen) atoms. The fourth-order valence-electron chi connectivity index (χ4n) is 2.71. The molecular formula is C18H16N2O3. The van der Waals surface area contributed by atoms with Crippen molar-refractivity contribution in [3.8, 4) is 22.9 Å². The average Bonchev–Trinajstić information content (AvgIpc) is 3.04. The van der Waals surface area contributed by atoms with Crippen LogP contribution < -0.4 is 4.74 Å². The van der Waals surface area contributed by atoms with Gasteiger partial charge in [0.1, 0.15) is 11.9 Å². The van der Waals surface area contributed by atoms with Gasteiger partial charge in [-0.05, 0) is 35.4 Å². The zero-order valence-electron chi connectivity index (χ0n) is 12.5. The molecule has 1 aliphatic heterocycles. The summed E-state index contributed by atoms with van der Waals surface area (Å²) in [6, 6.07) is 17.2. The van der Waals surface area contributed by atoms with Crippen molar-refractivity contribution in [3.63, 3.8) is 0 Å². The standard InChI is InChI=1S/C18H16N2O3/c19-11-13-3-1-4-14(9-13)15-5-2-6-16(10-15)23-17-7-8-20(12-17)18(21)22/h1-6,9-10,17H,7-8,12H2,(H,21,22)/t17-/m1/s1. The van der Waals surface area contributed by atoms with E-state index < -0.39 is 6.09 Å². The highest BCUT2D eigenvalue weighted by molar-refractivity contribution is 5.67. The lowest BCUT2D eigenvalue weighted by Gasteiger charge is -2.15. The van der Waals surface area contributed by atoms with Crippen LogP contribution in [0.25, 0.3) is 11.1 Å². The van der Waals surface area contributed by atoms with Gasteiger partial charge in [-0.1, -0.05) is 24.3 Å². The summed E-state index contributed by atoms with van der Waals surface area (Å²) >= 11 is 0. The first-order chi connectivity index (χ1) is 11.2. The second-order valence-electron chi connectivity index (χ2n) is 5.48. The number of carboxylic acid groups (broad SMARTS) is 1. The third-order valence-electron chi connectivity index (χ3n) is 3.88. The number of nitriles is 1. The van der Waals surface area contributed by atoms with Gasteiger partial charge in [-0.15, -0.1) is 0 Å². The first kappa shape index (κ1) is 14.9. The zero-order chi connectivity index (χ0) is 16.2. The first-order valence-electron chi connectivity index (χ1n) is 7.41. The predicted octanol–water partition coefficient (Wildman–Crippen LogP) is 3.36. The van der Waals surface area contributed by atoms with Crippen LogP contribution in [0.15, 0.2) is 48.5 Å². The fraction of sp³-hybridized carbons (Fsp3) is 0.222. The van der Waals surface area contributed by atoms with Crippen molar-refractivity contribution < 1.29 is 14.6 Å². The minimum absolute atomic E-state index is 0.119. The Bertz CT molecular complexity index is 767. The molecule has 0 spiro atoms. The summed E-state index contributed by atoms with van der Waals surface area (Å²) < 4.78 is 5.90. The molecule has 0 unspecified atom stereocenters. The Kier molecular flexibility index (Phi) is 4.15. The zero-order valence-corrected chi connectivity index (χ0v) is 12.5. The van der Waals surface area contributed by atoms with Gasteiger partial charge in [0.05, 0.1) is 18.2 Å². The molecule has 1 atom stereocenters. The van der Waals surface area contributed by atoms with Crippen LogP contribution >= 0.6 is 0 Å². The van der Waals surface area contributed by atoms with Gasteiger partial charge in [0.25, 0.3) is 0 Å². The highest BCUT2D eigenvalue weighted by atomic mass is 16.5. The molecule has 0 radical (unpaired) electrons. The summed E-state index contributed by atoms with van der Waals surface area (Å²) in [6.45, 7) is 0.896. The second-order valence-corrected chi connectivity index (χ2v) is 5.48. The average molecular weight is 308 g/mol. The number of carbonyl (C=O) groups is 1. The molecule has 1 aliphatic rings. The minimum atomic E-state index is -0.904. The van der Waals surface area contributed by atoms with Crippen molar-refractivity contribution in [3.05, 3.63) is 54.1 Å². The molecular weight excluding hydrogens is 292 g/mol. The van der Waals surface area contributed by atoms with Gasteiger partial charge in [0, 0.05) is 13.0 Å². The largest absolute Gasteiger partial charge is 0.488 e. The third-order valence-corrected chi connectivity index (χ3v) is 3.88. The Morgan fingerprint density at radius 3 is 2.65 bits per heavy atom. The van der Waals surface area contributed by atoms with E-state index in [9.17, 15) is 4.79 Å². The van der Waals surface area contributed by atoms with Crippen molar-refractivity contribution in [2.45, 2.75) is 12.5 Å². The van der Waals surface area contributed by atoms with Crippen LogP contribution in [0, 0.1) is 11.3 Å². The van der Waals surface area contributed by atoms with Gasteiger partial charge in [0.15, 0.2) is 0 Å². The van der Waals surface area contributed by atoms with E-state index >= 15 is 0 Å². The maximum atomic E-state index is 10.9. The summed E-state index contributed by atoms with van der Waals surface area (Å²) in [5.74, 6) is 0.710. The van der Waals surface area contributed by atoms with Crippen molar-refractivity contribution in [1.29, 1.82) is 5.26 Å². The van der Waals surface area contributed by atoms with Crippen LogP contribution in [0.2, 0.25) is 0 Å². The van der Waals surface area contributed by atoms with Crippen LogP contribution in [0.4, 0.5) is 4.79 Å². The van der Waals surface area contributed by atoms with E-state index in [-0.39, 0.29) is 6.10 Å². The monoisotopic (exact) mass is 308 g/mol. The molecule has 0 saturated carbocycles. The lowest BCUT2D eigenvalue weighted by molar-refractivity contribution is 0.145. The lowest BCUT2D eigenvalue weighted by atomic mass is 10.0. The highest BCUT2D eigenvalue weighted by Gasteiger charge is 2.27. The molecule has 0 aliphatic carbocycles. The topological polar surface area (TPSA) is 73.6 Å². The van der Waals surface area contributed by atoms with Crippen LogP contribution in [-0.2, 0) is 0 Å². The molecule has 1 saturated heterocycles. The van der Waals surface area contributed by atoms with E-state index in [2.05, 4.69) is 6.07 Å². The van der Waals surface area contributed by atoms with E-state index in [1.54, 1.807) is 6.07 Å². The maximum absolute atomic E-state index is 10.9. The smallest absolute Gasteiger partial charge is 0.407 e. The van der Waals surface area contributed by atoms with Crippen LogP contribution in [0.3, 0.4) is 0 Å². The quantitative estimate of drug-likeness (QED) is 0.943. The fourth-order valence-corrected chi connectivity index (χ4v) is 2.71. The van der Waals surface area contributed by atoms with Crippen LogP contribution in [0.5, 0.6) is 5.75 Å². The van der Waals surface area contributed by atoms with E-state index in [4.69, 9.17) is 15.1 Å². The van der Waals surface area contributed by atoms with Gasteiger partial charge in [-0.25, -0.2) is 4.79 Å². The number of rotatable bonds is 3. The van der Waals surface area contributed by atoms with Crippen molar-refractivity contribution in [2.75, 3.05) is 13.1 Å². The van der Waals surface area contributed by atoms with Gasteiger partial charge in [-0.3, -0.25) is 0 Å². The van der Waals surface area contributed by atoms with Gasteiger partial charge in [0.2, 0.25) is 0 Å². The lowest BCUT2D eigenvalue weighted by Crippen LogP contribution is -2.29. The molecule has 1 fully saturated rings. The summed E-state index contributed by atoms with van der Waals surface area (Å²) in [5, 5.41) is 18.0. The normalized spacial score (nSPS) is 16.8. The van der Waals surface area contributed by atoms with E-state index in [0.29, 0.717) is 30.8 Å². The highest BCUT2D eigenvalue weighted by Crippen LogP contribution is 2.26. The van der Waals surface area contributed by atoms with Gasteiger partial charge >= 0.3 is 6.09 Å². The SMILES string of the molecule is N#Cc1cccc(-c2cccc(O[C@@H]3CCN(C(=O)O)C3)c2)c1. The molecule has 1 N–H and O–H groups in total. The number of amides is 1. The summed E-state index contributed by atoms with van der Waals surface area (Å²) in [6.07, 6.45) is -0.328. The molecule has 1 amide bonds. The van der Waals surface area contributed by atoms with E-state index in [1.165, 1.54) is 4.90 Å². The summed E-state index contributed by atoms with van der Waals surface area (Å²) in [4.78, 5) is 12.3. The van der Waals surface area contributed by atoms with Gasteiger partial charge < -0.3 is 14.7 Å². The number of ether oxygens (including phenoxy) is 1. The Morgan fingerprint density at radius 1 is 1.22 bits per heavy atom.